The van der Waals surface area contributed by atoms with Crippen LogP contribution in [0.1, 0.15) is 27.6 Å². The molecular weight excluding hydrogens is 364 g/mol. The lowest BCUT2D eigenvalue weighted by Gasteiger charge is -2.12. The molecule has 0 unspecified atom stereocenters. The summed E-state index contributed by atoms with van der Waals surface area (Å²) in [6.45, 7) is 1.65. The van der Waals surface area contributed by atoms with Gasteiger partial charge >= 0.3 is 5.97 Å². The maximum absolute atomic E-state index is 12.3. The number of rotatable bonds is 8. The maximum atomic E-state index is 12.3. The molecule has 8 nitrogen and oxygen atoms in total. The highest BCUT2D eigenvalue weighted by Gasteiger charge is 2.15. The van der Waals surface area contributed by atoms with Crippen LogP contribution in [0.25, 0.3) is 0 Å². The van der Waals surface area contributed by atoms with Crippen molar-refractivity contribution in [1.82, 2.24) is 5.32 Å². The van der Waals surface area contributed by atoms with Gasteiger partial charge in [-0.25, -0.2) is 4.79 Å². The van der Waals surface area contributed by atoms with E-state index in [4.69, 9.17) is 14.2 Å². The minimum absolute atomic E-state index is 0.225. The second-order valence-electron chi connectivity index (χ2n) is 5.57. The molecule has 0 bridgehead atoms. The van der Waals surface area contributed by atoms with Crippen LogP contribution in [0.2, 0.25) is 0 Å². The van der Waals surface area contributed by atoms with Crippen LogP contribution in [0.5, 0.6) is 11.5 Å². The van der Waals surface area contributed by atoms with Crippen molar-refractivity contribution in [1.29, 1.82) is 0 Å². The van der Waals surface area contributed by atoms with Gasteiger partial charge in [0.05, 0.1) is 38.6 Å². The Hall–Kier alpha value is -3.55. The average molecular weight is 386 g/mol. The lowest BCUT2D eigenvalue weighted by atomic mass is 10.1. The number of hydrogen-bond donors (Lipinski definition) is 2. The van der Waals surface area contributed by atoms with Gasteiger partial charge in [0.2, 0.25) is 5.91 Å². The van der Waals surface area contributed by atoms with E-state index in [1.165, 1.54) is 20.3 Å². The van der Waals surface area contributed by atoms with Crippen molar-refractivity contribution in [2.75, 3.05) is 32.7 Å². The zero-order valence-corrected chi connectivity index (χ0v) is 15.9. The fourth-order valence-electron chi connectivity index (χ4n) is 2.41. The summed E-state index contributed by atoms with van der Waals surface area (Å²) < 4.78 is 15.2. The monoisotopic (exact) mass is 386 g/mol. The van der Waals surface area contributed by atoms with Crippen LogP contribution in [0.3, 0.4) is 0 Å². The van der Waals surface area contributed by atoms with E-state index in [0.717, 1.165) is 0 Å². The fourth-order valence-corrected chi connectivity index (χ4v) is 2.41. The van der Waals surface area contributed by atoms with Gasteiger partial charge in [-0.05, 0) is 37.3 Å². The third kappa shape index (κ3) is 5.23. The highest BCUT2D eigenvalue weighted by atomic mass is 16.5. The van der Waals surface area contributed by atoms with Gasteiger partial charge < -0.3 is 24.8 Å². The van der Waals surface area contributed by atoms with Gasteiger partial charge in [-0.2, -0.15) is 0 Å². The number of amides is 2. The van der Waals surface area contributed by atoms with E-state index in [9.17, 15) is 14.4 Å². The molecule has 28 heavy (non-hydrogen) atoms. The van der Waals surface area contributed by atoms with Crippen molar-refractivity contribution in [2.24, 2.45) is 0 Å². The van der Waals surface area contributed by atoms with Crippen molar-refractivity contribution in [3.63, 3.8) is 0 Å². The molecule has 2 aromatic carbocycles. The Labute approximate surface area is 162 Å². The number of para-hydroxylation sites is 1. The molecule has 0 saturated carbocycles. The molecule has 0 atom stereocenters. The van der Waals surface area contributed by atoms with Crippen molar-refractivity contribution in [2.45, 2.75) is 6.92 Å². The Balaban J connectivity index is 2.00. The lowest BCUT2D eigenvalue weighted by Crippen LogP contribution is -2.33. The predicted molar refractivity (Wildman–Crippen MR) is 103 cm³/mol. The topological polar surface area (TPSA) is 103 Å². The molecule has 2 aromatic rings. The molecule has 0 spiro atoms. The summed E-state index contributed by atoms with van der Waals surface area (Å²) in [5.74, 6) is -0.566. The number of anilines is 1. The number of benzene rings is 2. The molecule has 2 rings (SSSR count). The molecule has 0 fully saturated rings. The van der Waals surface area contributed by atoms with E-state index in [-0.39, 0.29) is 18.7 Å². The van der Waals surface area contributed by atoms with Crippen LogP contribution in [-0.2, 0) is 9.53 Å². The minimum Gasteiger partial charge on any atom is -0.493 e. The first-order valence-corrected chi connectivity index (χ1v) is 8.56. The van der Waals surface area contributed by atoms with Crippen molar-refractivity contribution < 1.29 is 28.6 Å². The van der Waals surface area contributed by atoms with Crippen LogP contribution in [0.4, 0.5) is 5.69 Å². The number of nitrogens with one attached hydrogen (secondary N) is 2. The third-order valence-electron chi connectivity index (χ3n) is 3.75. The quantitative estimate of drug-likeness (QED) is 0.675. The number of carbonyl (C=O) groups excluding carboxylic acids is 3. The summed E-state index contributed by atoms with van der Waals surface area (Å²) in [4.78, 5) is 36.4. The predicted octanol–water partition coefficient (Wildman–Crippen LogP) is 2.25. The van der Waals surface area contributed by atoms with Gasteiger partial charge in [0.1, 0.15) is 0 Å². The van der Waals surface area contributed by atoms with E-state index in [1.807, 2.05) is 0 Å². The molecule has 8 heteroatoms. The average Bonchev–Trinajstić information content (AvgIpc) is 2.72. The standard InChI is InChI=1S/C20H22N2O6/c1-4-28-20(25)14-7-5-6-8-15(14)22-18(23)12-21-19(24)13-9-10-16(26-2)17(11-13)27-3/h5-11H,4,12H2,1-3H3,(H,21,24)(H,22,23). The number of esters is 1. The normalized spacial score (nSPS) is 9.96. The second-order valence-corrected chi connectivity index (χ2v) is 5.57. The van der Waals surface area contributed by atoms with Crippen LogP contribution < -0.4 is 20.1 Å². The summed E-state index contributed by atoms with van der Waals surface area (Å²) >= 11 is 0. The van der Waals surface area contributed by atoms with Gasteiger partial charge in [0, 0.05) is 5.56 Å². The minimum atomic E-state index is -0.534. The first-order chi connectivity index (χ1) is 13.5. The molecule has 148 valence electrons. The largest absolute Gasteiger partial charge is 0.493 e. The van der Waals surface area contributed by atoms with Gasteiger partial charge in [0.15, 0.2) is 11.5 Å². The Morgan fingerprint density at radius 2 is 1.68 bits per heavy atom. The number of hydrogen-bond acceptors (Lipinski definition) is 6. The Morgan fingerprint density at radius 3 is 2.36 bits per heavy atom. The molecule has 2 amide bonds. The summed E-state index contributed by atoms with van der Waals surface area (Å²) in [6, 6.07) is 11.2. The molecule has 0 aliphatic heterocycles. The van der Waals surface area contributed by atoms with Gasteiger partial charge in [-0.3, -0.25) is 9.59 Å². The van der Waals surface area contributed by atoms with E-state index < -0.39 is 17.8 Å². The zero-order chi connectivity index (χ0) is 20.5. The number of methoxy groups -OCH3 is 2. The van der Waals surface area contributed by atoms with Crippen molar-refractivity contribution >= 4 is 23.5 Å². The van der Waals surface area contributed by atoms with Crippen molar-refractivity contribution in [3.05, 3.63) is 53.6 Å². The SMILES string of the molecule is CCOC(=O)c1ccccc1NC(=O)CNC(=O)c1ccc(OC)c(OC)c1. The molecule has 0 aliphatic carbocycles. The van der Waals surface area contributed by atoms with E-state index >= 15 is 0 Å². The first-order valence-electron chi connectivity index (χ1n) is 8.56. The van der Waals surface area contributed by atoms with Crippen LogP contribution in [0, 0.1) is 0 Å². The van der Waals surface area contributed by atoms with Crippen LogP contribution in [0.15, 0.2) is 42.5 Å². The van der Waals surface area contributed by atoms with Crippen LogP contribution in [-0.4, -0.2) is 45.2 Å². The highest BCUT2D eigenvalue weighted by Crippen LogP contribution is 2.27. The van der Waals surface area contributed by atoms with E-state index in [2.05, 4.69) is 10.6 Å². The van der Waals surface area contributed by atoms with Crippen molar-refractivity contribution in [3.8, 4) is 11.5 Å². The summed E-state index contributed by atoms with van der Waals surface area (Å²) in [5.41, 5.74) is 0.868. The summed E-state index contributed by atoms with van der Waals surface area (Å²) in [5, 5.41) is 5.12. The molecular formula is C20H22N2O6. The zero-order valence-electron chi connectivity index (χ0n) is 15.9. The highest BCUT2D eigenvalue weighted by molar-refractivity contribution is 6.03. The number of carbonyl (C=O) groups is 3. The third-order valence-corrected chi connectivity index (χ3v) is 3.75. The second kappa shape index (κ2) is 9.96. The summed E-state index contributed by atoms with van der Waals surface area (Å²) in [6.07, 6.45) is 0. The molecule has 2 N–H and O–H groups in total. The lowest BCUT2D eigenvalue weighted by molar-refractivity contribution is -0.115. The fraction of sp³-hybridized carbons (Fsp3) is 0.250. The van der Waals surface area contributed by atoms with Gasteiger partial charge in [-0.1, -0.05) is 12.1 Å². The van der Waals surface area contributed by atoms with E-state index in [1.54, 1.807) is 43.3 Å². The maximum Gasteiger partial charge on any atom is 0.340 e. The van der Waals surface area contributed by atoms with Gasteiger partial charge in [0.25, 0.3) is 5.91 Å². The Kier molecular flexibility index (Phi) is 7.38. The molecule has 0 aromatic heterocycles. The first kappa shape index (κ1) is 20.8. The van der Waals surface area contributed by atoms with Gasteiger partial charge in [-0.15, -0.1) is 0 Å². The molecule has 0 aliphatic rings. The van der Waals surface area contributed by atoms with Crippen LogP contribution >= 0.6 is 0 Å². The smallest absolute Gasteiger partial charge is 0.340 e. The Morgan fingerprint density at radius 1 is 0.964 bits per heavy atom. The molecule has 0 saturated heterocycles. The molecule has 0 heterocycles. The summed E-state index contributed by atoms with van der Waals surface area (Å²) in [7, 11) is 2.96. The molecule has 0 radical (unpaired) electrons. The number of ether oxygens (including phenoxy) is 3. The Bertz CT molecular complexity index is 866. The van der Waals surface area contributed by atoms with E-state index in [0.29, 0.717) is 22.7 Å².